The third-order valence-electron chi connectivity index (χ3n) is 11.3. The first-order valence-corrected chi connectivity index (χ1v) is 23.2. The van der Waals surface area contributed by atoms with Crippen LogP contribution in [0.3, 0.4) is 0 Å². The van der Waals surface area contributed by atoms with E-state index in [1.165, 1.54) is 75.6 Å². The molecule has 56 heavy (non-hydrogen) atoms. The monoisotopic (exact) mass is 982 g/mol. The van der Waals surface area contributed by atoms with E-state index < -0.39 is 14.5 Å². The van der Waals surface area contributed by atoms with Crippen molar-refractivity contribution < 1.29 is 48.0 Å². The van der Waals surface area contributed by atoms with Crippen LogP contribution in [-0.2, 0) is 0 Å². The van der Waals surface area contributed by atoms with Crippen molar-refractivity contribution in [1.29, 1.82) is 0 Å². The van der Waals surface area contributed by atoms with E-state index in [0.717, 1.165) is 0 Å². The van der Waals surface area contributed by atoms with Crippen LogP contribution in [0.5, 0.6) is 0 Å². The van der Waals surface area contributed by atoms with Gasteiger partial charge in [0.2, 0.25) is 0 Å². The highest BCUT2D eigenvalue weighted by Crippen LogP contribution is 2.57. The van der Waals surface area contributed by atoms with Crippen molar-refractivity contribution in [3.63, 3.8) is 0 Å². The lowest BCUT2D eigenvalue weighted by Crippen LogP contribution is -3.00. The van der Waals surface area contributed by atoms with Crippen LogP contribution in [0.15, 0.2) is 218 Å². The molecule has 0 amide bonds. The average molecular weight is 983 g/mol. The van der Waals surface area contributed by atoms with Crippen molar-refractivity contribution in [3.05, 3.63) is 218 Å². The molecule has 0 aliphatic rings. The molecule has 9 rings (SSSR count). The van der Waals surface area contributed by atoms with Gasteiger partial charge in [-0.15, -0.1) is 0 Å². The number of benzene rings is 9. The molecule has 0 saturated carbocycles. The maximum atomic E-state index is 2.50. The molecule has 9 aromatic rings. The summed E-state index contributed by atoms with van der Waals surface area (Å²) in [6, 6.07) is 81.4. The van der Waals surface area contributed by atoms with Crippen LogP contribution in [0.1, 0.15) is 0 Å². The first kappa shape index (κ1) is 40.0. The van der Waals surface area contributed by atoms with Crippen molar-refractivity contribution >= 4 is 67.9 Å². The average Bonchev–Trinajstić information content (AvgIpc) is 3.26. The lowest BCUT2D eigenvalue weighted by atomic mass is 9.86. The minimum Gasteiger partial charge on any atom is -1.00 e. The lowest BCUT2D eigenvalue weighted by Gasteiger charge is -2.28. The molecule has 0 aliphatic heterocycles. The Morgan fingerprint density at radius 2 is 0.464 bits per heavy atom. The maximum Gasteiger partial charge on any atom is 0.112 e. The van der Waals surface area contributed by atoms with Gasteiger partial charge in [-0.3, -0.25) is 0 Å². The van der Waals surface area contributed by atoms with Crippen molar-refractivity contribution in [2.24, 2.45) is 0 Å². The number of halogens is 2. The first-order chi connectivity index (χ1) is 26.6. The van der Waals surface area contributed by atoms with Crippen LogP contribution < -0.4 is 79.8 Å². The standard InChI is InChI=1S/C52H42P2.2HI/c1-53(39-23-7-3-8-24-39,40-25-9-4-10-26-40)49-37-21-19-35-47(49)51-43-31-15-17-33-45(43)52(46-34-18-16-32-44(46)51)48-36-20-22-38-50(48)54(2,41-27-11-5-12-28-41)42-29-13-6-14-30-42;;/h3-38H,1-2H3;2*1H/q+2;;/p-2. The third kappa shape index (κ3) is 6.83. The molecular weight excluding hydrogens is 940 g/mol. The van der Waals surface area contributed by atoms with E-state index in [2.05, 4.69) is 232 Å². The van der Waals surface area contributed by atoms with E-state index in [0.29, 0.717) is 0 Å². The summed E-state index contributed by atoms with van der Waals surface area (Å²) in [5.41, 5.74) is 5.22. The summed E-state index contributed by atoms with van der Waals surface area (Å²) < 4.78 is 0. The normalized spacial score (nSPS) is 11.5. The predicted molar refractivity (Wildman–Crippen MR) is 242 cm³/mol. The van der Waals surface area contributed by atoms with Crippen LogP contribution in [0.2, 0.25) is 0 Å². The summed E-state index contributed by atoms with van der Waals surface area (Å²) in [5, 5.41) is 13.4. The zero-order chi connectivity index (χ0) is 36.5. The Bertz CT molecular complexity index is 2410. The number of hydrogen-bond donors (Lipinski definition) is 0. The van der Waals surface area contributed by atoms with Gasteiger partial charge in [0.1, 0.15) is 46.4 Å². The van der Waals surface area contributed by atoms with E-state index in [1.807, 2.05) is 0 Å². The summed E-state index contributed by atoms with van der Waals surface area (Å²) in [7, 11) is -4.10. The van der Waals surface area contributed by atoms with E-state index in [1.54, 1.807) is 0 Å². The molecule has 0 atom stereocenters. The van der Waals surface area contributed by atoms with Gasteiger partial charge in [0, 0.05) is 22.3 Å². The molecule has 274 valence electrons. The molecule has 0 radical (unpaired) electrons. The van der Waals surface area contributed by atoms with Gasteiger partial charge in [-0.25, -0.2) is 0 Å². The first-order valence-electron chi connectivity index (χ1n) is 18.7. The second-order valence-corrected chi connectivity index (χ2v) is 21.3. The van der Waals surface area contributed by atoms with Gasteiger partial charge in [0.05, 0.1) is 13.3 Å². The minimum absolute atomic E-state index is 0. The molecule has 0 nitrogen and oxygen atoms in total. The lowest BCUT2D eigenvalue weighted by molar-refractivity contribution is -0.00100. The zero-order valence-electron chi connectivity index (χ0n) is 31.4. The second kappa shape index (κ2) is 17.1. The number of hydrogen-bond acceptors (Lipinski definition) is 0. The van der Waals surface area contributed by atoms with Gasteiger partial charge in [0.15, 0.2) is 0 Å². The summed E-state index contributed by atoms with van der Waals surface area (Å²) in [6.45, 7) is 5.01. The van der Waals surface area contributed by atoms with Gasteiger partial charge in [0.25, 0.3) is 0 Å². The van der Waals surface area contributed by atoms with Crippen molar-refractivity contribution in [2.45, 2.75) is 0 Å². The molecule has 0 aliphatic carbocycles. The molecule has 0 N–H and O–H groups in total. The molecule has 0 fully saturated rings. The van der Waals surface area contributed by atoms with Crippen molar-refractivity contribution in [2.75, 3.05) is 13.3 Å². The second-order valence-electron chi connectivity index (χ2n) is 14.2. The zero-order valence-corrected chi connectivity index (χ0v) is 37.5. The van der Waals surface area contributed by atoms with Crippen LogP contribution in [-0.4, -0.2) is 13.3 Å². The molecule has 0 saturated heterocycles. The summed E-state index contributed by atoms with van der Waals surface area (Å²) >= 11 is 0. The number of fused-ring (bicyclic) bond motifs is 2. The molecule has 0 unspecified atom stereocenters. The van der Waals surface area contributed by atoms with E-state index in [4.69, 9.17) is 0 Å². The number of rotatable bonds is 8. The molecule has 4 heteroatoms. The van der Waals surface area contributed by atoms with E-state index in [9.17, 15) is 0 Å². The summed E-state index contributed by atoms with van der Waals surface area (Å²) in [5.74, 6) is 0. The smallest absolute Gasteiger partial charge is 0.112 e. The Hall–Kier alpha value is -4.18. The topological polar surface area (TPSA) is 0 Å². The molecule has 0 heterocycles. The predicted octanol–water partition coefficient (Wildman–Crippen LogP) is 5.18. The van der Waals surface area contributed by atoms with Crippen LogP contribution in [0, 0.1) is 0 Å². The fraction of sp³-hybridized carbons (Fsp3) is 0.0385. The molecule has 9 aromatic carbocycles. The van der Waals surface area contributed by atoms with E-state index >= 15 is 0 Å². The Morgan fingerprint density at radius 3 is 0.732 bits per heavy atom. The quantitative estimate of drug-likeness (QED) is 0.112. The maximum absolute atomic E-state index is 2.50. The van der Waals surface area contributed by atoms with Gasteiger partial charge in [-0.2, -0.15) is 0 Å². The fourth-order valence-corrected chi connectivity index (χ4v) is 15.5. The van der Waals surface area contributed by atoms with Gasteiger partial charge in [-0.1, -0.05) is 158 Å². The fourth-order valence-electron chi connectivity index (χ4n) is 8.62. The van der Waals surface area contributed by atoms with Crippen LogP contribution >= 0.6 is 14.5 Å². The van der Waals surface area contributed by atoms with Crippen LogP contribution in [0.25, 0.3) is 43.8 Å². The molecular formula is C52H42I2P2. The highest BCUT2D eigenvalue weighted by atomic mass is 127. The molecule has 0 aromatic heterocycles. The van der Waals surface area contributed by atoms with Crippen LogP contribution in [0.4, 0.5) is 0 Å². The largest absolute Gasteiger partial charge is 1.00 e. The highest BCUT2D eigenvalue weighted by Gasteiger charge is 2.44. The Labute approximate surface area is 366 Å². The van der Waals surface area contributed by atoms with Crippen molar-refractivity contribution in [3.8, 4) is 22.3 Å². The molecule has 0 bridgehead atoms. The Balaban J connectivity index is 0.00000240. The van der Waals surface area contributed by atoms with Gasteiger partial charge < -0.3 is 48.0 Å². The molecule has 0 spiro atoms. The Kier molecular flexibility index (Phi) is 12.2. The Morgan fingerprint density at radius 1 is 0.250 bits per heavy atom. The van der Waals surface area contributed by atoms with Gasteiger partial charge >= 0.3 is 0 Å². The summed E-state index contributed by atoms with van der Waals surface area (Å²) in [4.78, 5) is 0. The van der Waals surface area contributed by atoms with E-state index in [-0.39, 0.29) is 48.0 Å². The van der Waals surface area contributed by atoms with Crippen molar-refractivity contribution in [1.82, 2.24) is 0 Å². The highest BCUT2D eigenvalue weighted by molar-refractivity contribution is 7.95. The SMILES string of the molecule is C[P+](c1ccccc1)(c1ccccc1)c1ccccc1-c1c2ccccc2c(-c2ccccc2[P+](C)(c2ccccc2)c2ccccc2)c2ccccc12.[I-].[I-]. The summed E-state index contributed by atoms with van der Waals surface area (Å²) in [6.07, 6.45) is 0. The third-order valence-corrected chi connectivity index (χ3v) is 19.4. The minimum atomic E-state index is -2.05. The van der Waals surface area contributed by atoms with Gasteiger partial charge in [-0.05, 0) is 82.2 Å².